The van der Waals surface area contributed by atoms with E-state index in [1.165, 1.54) is 109 Å². The maximum absolute atomic E-state index is 12.8. The van der Waals surface area contributed by atoms with Crippen molar-refractivity contribution >= 4 is 11.9 Å². The van der Waals surface area contributed by atoms with Crippen LogP contribution in [0.15, 0.2) is 0 Å². The van der Waals surface area contributed by atoms with Crippen LogP contribution in [0, 0.1) is 0 Å². The van der Waals surface area contributed by atoms with E-state index in [4.69, 9.17) is 14.6 Å². The number of carbonyl (C=O) groups excluding carboxylic acids is 2. The SMILES string of the molecule is CCCCCCCCC(CC)OC(=O)CCCCCC(O)CN(CCCCCCO)CCCCCCCC(=O)OC(CCCCCCCC)CCCCCCCC. The van der Waals surface area contributed by atoms with Crippen LogP contribution in [-0.2, 0) is 19.1 Å². The highest BCUT2D eigenvalue weighted by Crippen LogP contribution is 2.19. The molecular formula is C50H99NO6. The standard InChI is InChI=1S/C50H99NO6/c1-5-9-12-15-19-28-37-47(8-4)56-49(54)41-32-26-27-36-46(53)45-51(43-34-24-25-35-44-52)42-33-23-18-22-31-40-50(55)57-48(38-29-20-16-13-10-6-2)39-30-21-17-14-11-7-3/h46-48,52-53H,5-45H2,1-4H3. The third-order valence-corrected chi connectivity index (χ3v) is 11.8. The summed E-state index contributed by atoms with van der Waals surface area (Å²) in [5.74, 6) is -0.0610. The van der Waals surface area contributed by atoms with Crippen LogP contribution < -0.4 is 0 Å². The van der Waals surface area contributed by atoms with Gasteiger partial charge in [-0.25, -0.2) is 0 Å². The third kappa shape index (κ3) is 40.0. The number of hydrogen-bond donors (Lipinski definition) is 2. The third-order valence-electron chi connectivity index (χ3n) is 11.8. The van der Waals surface area contributed by atoms with Gasteiger partial charge in [0, 0.05) is 26.0 Å². The van der Waals surface area contributed by atoms with Gasteiger partial charge in [-0.2, -0.15) is 0 Å². The number of ether oxygens (including phenoxy) is 2. The number of nitrogens with zero attached hydrogens (tertiary/aromatic N) is 1. The molecule has 2 N–H and O–H groups in total. The summed E-state index contributed by atoms with van der Waals surface area (Å²) in [6, 6.07) is 0. The van der Waals surface area contributed by atoms with Gasteiger partial charge in [-0.3, -0.25) is 9.59 Å². The van der Waals surface area contributed by atoms with Gasteiger partial charge < -0.3 is 24.6 Å². The quantitative estimate of drug-likeness (QED) is 0.0467. The van der Waals surface area contributed by atoms with Gasteiger partial charge in [-0.15, -0.1) is 0 Å². The zero-order valence-electron chi connectivity index (χ0n) is 38.7. The molecular weight excluding hydrogens is 711 g/mol. The molecule has 2 unspecified atom stereocenters. The Bertz CT molecular complexity index is 824. The van der Waals surface area contributed by atoms with Gasteiger partial charge >= 0.3 is 11.9 Å². The molecule has 2 atom stereocenters. The monoisotopic (exact) mass is 810 g/mol. The molecule has 7 nitrogen and oxygen atoms in total. The molecule has 0 fully saturated rings. The van der Waals surface area contributed by atoms with Crippen molar-refractivity contribution in [3.8, 4) is 0 Å². The van der Waals surface area contributed by atoms with E-state index in [1.54, 1.807) is 0 Å². The number of rotatable bonds is 46. The van der Waals surface area contributed by atoms with E-state index in [0.29, 0.717) is 19.4 Å². The molecule has 0 saturated heterocycles. The minimum atomic E-state index is -0.354. The Morgan fingerprint density at radius 2 is 0.789 bits per heavy atom. The van der Waals surface area contributed by atoms with Crippen molar-refractivity contribution < 1.29 is 29.3 Å². The fraction of sp³-hybridized carbons (Fsp3) is 0.960. The summed E-state index contributed by atoms with van der Waals surface area (Å²) < 4.78 is 11.8. The van der Waals surface area contributed by atoms with Gasteiger partial charge in [0.2, 0.25) is 0 Å². The first-order chi connectivity index (χ1) is 27.9. The Morgan fingerprint density at radius 1 is 0.439 bits per heavy atom. The van der Waals surface area contributed by atoms with Gasteiger partial charge in [-0.1, -0.05) is 169 Å². The first-order valence-electron chi connectivity index (χ1n) is 25.3. The molecule has 0 aliphatic heterocycles. The molecule has 0 amide bonds. The lowest BCUT2D eigenvalue weighted by Gasteiger charge is -2.25. The van der Waals surface area contributed by atoms with Crippen LogP contribution in [0.4, 0.5) is 0 Å². The summed E-state index contributed by atoms with van der Waals surface area (Å²) in [6.45, 7) is 11.8. The second-order valence-corrected chi connectivity index (χ2v) is 17.5. The van der Waals surface area contributed by atoms with E-state index in [0.717, 1.165) is 129 Å². The molecule has 0 spiro atoms. The second kappa shape index (κ2) is 44.4. The molecule has 0 saturated carbocycles. The summed E-state index contributed by atoms with van der Waals surface area (Å²) in [7, 11) is 0. The Hall–Kier alpha value is -1.18. The van der Waals surface area contributed by atoms with Crippen LogP contribution in [-0.4, -0.2) is 71.6 Å². The summed E-state index contributed by atoms with van der Waals surface area (Å²) in [5.41, 5.74) is 0. The number of aliphatic hydroxyl groups is 2. The van der Waals surface area contributed by atoms with E-state index in [9.17, 15) is 14.7 Å². The normalized spacial score (nSPS) is 12.8. The topological polar surface area (TPSA) is 96.3 Å². The number of aliphatic hydroxyl groups excluding tert-OH is 2. The average molecular weight is 810 g/mol. The molecule has 0 bridgehead atoms. The first kappa shape index (κ1) is 55.8. The fourth-order valence-corrected chi connectivity index (χ4v) is 8.00. The molecule has 0 aromatic carbocycles. The van der Waals surface area contributed by atoms with Crippen LogP contribution in [0.5, 0.6) is 0 Å². The molecule has 0 heterocycles. The number of esters is 2. The Morgan fingerprint density at radius 3 is 1.25 bits per heavy atom. The number of carbonyl (C=O) groups is 2. The highest BCUT2D eigenvalue weighted by Gasteiger charge is 2.16. The van der Waals surface area contributed by atoms with Gasteiger partial charge in [0.05, 0.1) is 6.10 Å². The van der Waals surface area contributed by atoms with E-state index >= 15 is 0 Å². The summed E-state index contributed by atoms with van der Waals surface area (Å²) in [6.07, 6.45) is 40.5. The predicted octanol–water partition coefficient (Wildman–Crippen LogP) is 14.0. The molecule has 340 valence electrons. The zero-order valence-corrected chi connectivity index (χ0v) is 38.7. The zero-order chi connectivity index (χ0) is 41.9. The van der Waals surface area contributed by atoms with Crippen molar-refractivity contribution in [3.63, 3.8) is 0 Å². The summed E-state index contributed by atoms with van der Waals surface area (Å²) in [5, 5.41) is 20.1. The van der Waals surface area contributed by atoms with Crippen LogP contribution in [0.25, 0.3) is 0 Å². The van der Waals surface area contributed by atoms with E-state index in [2.05, 4.69) is 32.6 Å². The lowest BCUT2D eigenvalue weighted by molar-refractivity contribution is -0.150. The molecule has 0 radical (unpaired) electrons. The van der Waals surface area contributed by atoms with Gasteiger partial charge in [0.25, 0.3) is 0 Å². The first-order valence-corrected chi connectivity index (χ1v) is 25.3. The largest absolute Gasteiger partial charge is 0.462 e. The van der Waals surface area contributed by atoms with Crippen molar-refractivity contribution in [2.45, 2.75) is 284 Å². The lowest BCUT2D eigenvalue weighted by Crippen LogP contribution is -2.34. The van der Waals surface area contributed by atoms with Crippen molar-refractivity contribution in [3.05, 3.63) is 0 Å². The fourth-order valence-electron chi connectivity index (χ4n) is 8.00. The van der Waals surface area contributed by atoms with Crippen molar-refractivity contribution in [2.75, 3.05) is 26.2 Å². The number of unbranched alkanes of at least 4 members (excludes halogenated alkanes) is 24. The maximum atomic E-state index is 12.8. The van der Waals surface area contributed by atoms with Crippen molar-refractivity contribution in [1.29, 1.82) is 0 Å². The van der Waals surface area contributed by atoms with Crippen LogP contribution in [0.2, 0.25) is 0 Å². The highest BCUT2D eigenvalue weighted by atomic mass is 16.5. The Balaban J connectivity index is 4.43. The lowest BCUT2D eigenvalue weighted by atomic mass is 10.0. The average Bonchev–Trinajstić information content (AvgIpc) is 3.20. The highest BCUT2D eigenvalue weighted by molar-refractivity contribution is 5.69. The summed E-state index contributed by atoms with van der Waals surface area (Å²) in [4.78, 5) is 27.7. The van der Waals surface area contributed by atoms with Gasteiger partial charge in [0.1, 0.15) is 12.2 Å². The minimum absolute atomic E-state index is 0.00203. The number of hydrogen-bond acceptors (Lipinski definition) is 7. The van der Waals surface area contributed by atoms with Crippen LogP contribution in [0.3, 0.4) is 0 Å². The summed E-state index contributed by atoms with van der Waals surface area (Å²) >= 11 is 0. The molecule has 0 aliphatic carbocycles. The Labute approximate surface area is 355 Å². The second-order valence-electron chi connectivity index (χ2n) is 17.5. The molecule has 0 aromatic rings. The predicted molar refractivity (Wildman–Crippen MR) is 243 cm³/mol. The van der Waals surface area contributed by atoms with Crippen LogP contribution in [0.1, 0.15) is 265 Å². The maximum Gasteiger partial charge on any atom is 0.306 e. The molecule has 57 heavy (non-hydrogen) atoms. The van der Waals surface area contributed by atoms with E-state index in [-0.39, 0.29) is 36.9 Å². The molecule has 0 rings (SSSR count). The van der Waals surface area contributed by atoms with Gasteiger partial charge in [0.15, 0.2) is 0 Å². The minimum Gasteiger partial charge on any atom is -0.462 e. The van der Waals surface area contributed by atoms with E-state index < -0.39 is 0 Å². The van der Waals surface area contributed by atoms with Crippen LogP contribution >= 0.6 is 0 Å². The Kier molecular flexibility index (Phi) is 43.5. The smallest absolute Gasteiger partial charge is 0.306 e. The molecule has 7 heteroatoms. The molecule has 0 aromatic heterocycles. The van der Waals surface area contributed by atoms with E-state index in [1.807, 2.05) is 0 Å². The molecule has 0 aliphatic rings. The van der Waals surface area contributed by atoms with Gasteiger partial charge in [-0.05, 0) is 96.6 Å². The van der Waals surface area contributed by atoms with Crippen molar-refractivity contribution in [1.82, 2.24) is 4.90 Å². The van der Waals surface area contributed by atoms with Crippen molar-refractivity contribution in [2.24, 2.45) is 0 Å².